The van der Waals surface area contributed by atoms with Gasteiger partial charge in [0.1, 0.15) is 0 Å². The molecule has 2 N–H and O–H groups in total. The lowest BCUT2D eigenvalue weighted by Gasteiger charge is -1.97. The predicted octanol–water partition coefficient (Wildman–Crippen LogP) is 2.00. The second-order valence-corrected chi connectivity index (χ2v) is 3.77. The van der Waals surface area contributed by atoms with Gasteiger partial charge in [0.2, 0.25) is 0 Å². The minimum absolute atomic E-state index is 0.962. The summed E-state index contributed by atoms with van der Waals surface area (Å²) < 4.78 is 2.17. The van der Waals surface area contributed by atoms with Crippen LogP contribution in [0, 0.1) is 0 Å². The highest BCUT2D eigenvalue weighted by atomic mass is 33.1. The Kier molecular flexibility index (Phi) is 3.75. The maximum absolute atomic E-state index is 10.0. The van der Waals surface area contributed by atoms with Crippen molar-refractivity contribution >= 4 is 27.9 Å². The molecular weight excluding hydrogens is 196 g/mol. The van der Waals surface area contributed by atoms with Crippen LogP contribution in [-0.2, 0) is 0 Å². The zero-order valence-electron chi connectivity index (χ0n) is 5.93. The molecule has 6 heteroatoms. The van der Waals surface area contributed by atoms with E-state index in [1.807, 2.05) is 0 Å². The number of carboxylic acid groups (broad SMARTS) is 1. The quantitative estimate of drug-likeness (QED) is 0.580. The van der Waals surface area contributed by atoms with Gasteiger partial charge in [-0.25, -0.2) is 4.79 Å². The maximum Gasteiger partial charge on any atom is 0.415 e. The van der Waals surface area contributed by atoms with Crippen LogP contribution in [0.1, 0.15) is 0 Å². The fourth-order valence-corrected chi connectivity index (χ4v) is 1.90. The first-order chi connectivity index (χ1) is 5.79. The average molecular weight is 202 g/mol. The smallest absolute Gasteiger partial charge is 0.415 e. The monoisotopic (exact) mass is 202 g/mol. The van der Waals surface area contributed by atoms with E-state index in [1.165, 1.54) is 10.8 Å². The lowest BCUT2D eigenvalue weighted by Crippen LogP contribution is -2.09. The van der Waals surface area contributed by atoms with Crippen molar-refractivity contribution in [1.82, 2.24) is 9.71 Å². The van der Waals surface area contributed by atoms with Crippen molar-refractivity contribution in [3.05, 3.63) is 24.5 Å². The van der Waals surface area contributed by atoms with Gasteiger partial charge < -0.3 is 5.11 Å². The Morgan fingerprint density at radius 3 is 2.75 bits per heavy atom. The molecule has 1 heterocycles. The molecule has 4 nitrogen and oxygen atoms in total. The van der Waals surface area contributed by atoms with Gasteiger partial charge in [-0.05, 0) is 22.9 Å². The van der Waals surface area contributed by atoms with Crippen LogP contribution in [0.3, 0.4) is 0 Å². The SMILES string of the molecule is O=C(O)NSSc1ccncc1. The number of nitrogens with zero attached hydrogens (tertiary/aromatic N) is 1. The highest BCUT2D eigenvalue weighted by molar-refractivity contribution is 8.76. The third-order valence-electron chi connectivity index (χ3n) is 0.917. The molecule has 0 bridgehead atoms. The Labute approximate surface area is 77.3 Å². The lowest BCUT2D eigenvalue weighted by atomic mass is 10.5. The van der Waals surface area contributed by atoms with Gasteiger partial charge >= 0.3 is 6.09 Å². The molecule has 12 heavy (non-hydrogen) atoms. The summed E-state index contributed by atoms with van der Waals surface area (Å²) in [6, 6.07) is 3.61. The number of nitrogens with one attached hydrogen (secondary N) is 1. The molecule has 0 aromatic carbocycles. The second-order valence-electron chi connectivity index (χ2n) is 1.76. The molecule has 0 saturated heterocycles. The van der Waals surface area contributed by atoms with Crippen LogP contribution in [0.15, 0.2) is 29.4 Å². The van der Waals surface area contributed by atoms with Crippen LogP contribution in [-0.4, -0.2) is 16.2 Å². The first kappa shape index (κ1) is 9.21. The third-order valence-corrected chi connectivity index (χ3v) is 2.80. The maximum atomic E-state index is 10.0. The molecule has 0 radical (unpaired) electrons. The van der Waals surface area contributed by atoms with E-state index >= 15 is 0 Å². The summed E-state index contributed by atoms with van der Waals surface area (Å²) in [5.41, 5.74) is 0. The third kappa shape index (κ3) is 3.49. The van der Waals surface area contributed by atoms with Crippen LogP contribution in [0.2, 0.25) is 0 Å². The molecule has 0 aliphatic heterocycles. The van der Waals surface area contributed by atoms with Gasteiger partial charge in [-0.15, -0.1) is 0 Å². The molecule has 0 unspecified atom stereocenters. The van der Waals surface area contributed by atoms with Gasteiger partial charge in [0, 0.05) is 28.3 Å². The Morgan fingerprint density at radius 1 is 1.50 bits per heavy atom. The van der Waals surface area contributed by atoms with Crippen LogP contribution in [0.25, 0.3) is 0 Å². The fraction of sp³-hybridized carbons (Fsp3) is 0. The Morgan fingerprint density at radius 2 is 2.17 bits per heavy atom. The van der Waals surface area contributed by atoms with E-state index in [1.54, 1.807) is 24.5 Å². The molecule has 0 aliphatic carbocycles. The zero-order chi connectivity index (χ0) is 8.81. The molecule has 1 aromatic rings. The zero-order valence-corrected chi connectivity index (χ0v) is 7.56. The molecule has 0 spiro atoms. The van der Waals surface area contributed by atoms with Crippen LogP contribution in [0.4, 0.5) is 4.79 Å². The summed E-state index contributed by atoms with van der Waals surface area (Å²) in [5.74, 6) is 0. The molecule has 64 valence electrons. The first-order valence-corrected chi connectivity index (χ1v) is 5.16. The summed E-state index contributed by atoms with van der Waals surface area (Å²) in [7, 11) is 2.39. The summed E-state index contributed by atoms with van der Waals surface area (Å²) in [4.78, 5) is 14.8. The number of rotatable bonds is 3. The fourth-order valence-electron chi connectivity index (χ4n) is 0.498. The predicted molar refractivity (Wildman–Crippen MR) is 48.8 cm³/mol. The molecule has 1 aromatic heterocycles. The van der Waals surface area contributed by atoms with E-state index in [9.17, 15) is 4.79 Å². The Balaban J connectivity index is 2.29. The summed E-state index contributed by atoms with van der Waals surface area (Å²) >= 11 is 0. The highest BCUT2D eigenvalue weighted by Crippen LogP contribution is 2.27. The first-order valence-electron chi connectivity index (χ1n) is 3.01. The van der Waals surface area contributed by atoms with E-state index < -0.39 is 6.09 Å². The number of hydrogen-bond acceptors (Lipinski definition) is 4. The van der Waals surface area contributed by atoms with E-state index in [0.717, 1.165) is 15.9 Å². The van der Waals surface area contributed by atoms with Gasteiger partial charge in [0.05, 0.1) is 0 Å². The summed E-state index contributed by atoms with van der Waals surface area (Å²) in [5, 5.41) is 8.23. The van der Waals surface area contributed by atoms with Crippen molar-refractivity contribution < 1.29 is 9.90 Å². The Bertz CT molecular complexity index is 255. The minimum Gasteiger partial charge on any atom is -0.464 e. The largest absolute Gasteiger partial charge is 0.464 e. The molecule has 0 atom stereocenters. The van der Waals surface area contributed by atoms with Gasteiger partial charge in [0.15, 0.2) is 0 Å². The normalized spacial score (nSPS) is 9.33. The number of hydrogen-bond donors (Lipinski definition) is 2. The van der Waals surface area contributed by atoms with Crippen LogP contribution >= 0.6 is 21.8 Å². The number of aromatic nitrogens is 1. The molecular formula is C6H6N2O2S2. The van der Waals surface area contributed by atoms with E-state index in [2.05, 4.69) is 9.71 Å². The van der Waals surface area contributed by atoms with Gasteiger partial charge in [-0.3, -0.25) is 9.71 Å². The average Bonchev–Trinajstić information content (AvgIpc) is 2.05. The van der Waals surface area contributed by atoms with Gasteiger partial charge in [-0.1, -0.05) is 0 Å². The molecule has 0 saturated carbocycles. The van der Waals surface area contributed by atoms with Crippen molar-refractivity contribution in [2.24, 2.45) is 0 Å². The van der Waals surface area contributed by atoms with Crippen molar-refractivity contribution in [2.75, 3.05) is 0 Å². The Hall–Kier alpha value is -0.880. The van der Waals surface area contributed by atoms with Crippen molar-refractivity contribution in [3.8, 4) is 0 Å². The highest BCUT2D eigenvalue weighted by Gasteiger charge is 1.96. The number of pyridine rings is 1. The van der Waals surface area contributed by atoms with Gasteiger partial charge in [0.25, 0.3) is 0 Å². The van der Waals surface area contributed by atoms with Crippen molar-refractivity contribution in [1.29, 1.82) is 0 Å². The molecule has 1 amide bonds. The van der Waals surface area contributed by atoms with E-state index in [0.29, 0.717) is 0 Å². The minimum atomic E-state index is -1.04. The lowest BCUT2D eigenvalue weighted by molar-refractivity contribution is 0.202. The topological polar surface area (TPSA) is 62.2 Å². The standard InChI is InChI=1S/C6H6N2O2S2/c9-6(10)8-12-11-5-1-3-7-4-2-5/h1-4,8H,(H,9,10). The molecule has 0 fully saturated rings. The summed E-state index contributed by atoms with van der Waals surface area (Å²) in [6.07, 6.45) is 2.27. The van der Waals surface area contributed by atoms with Gasteiger partial charge in [-0.2, -0.15) is 0 Å². The van der Waals surface area contributed by atoms with Crippen LogP contribution < -0.4 is 4.72 Å². The summed E-state index contributed by atoms with van der Waals surface area (Å²) in [6.45, 7) is 0. The van der Waals surface area contributed by atoms with Crippen molar-refractivity contribution in [3.63, 3.8) is 0 Å². The number of carbonyl (C=O) groups is 1. The van der Waals surface area contributed by atoms with E-state index in [-0.39, 0.29) is 0 Å². The van der Waals surface area contributed by atoms with Crippen molar-refractivity contribution in [2.45, 2.75) is 4.90 Å². The van der Waals surface area contributed by atoms with E-state index in [4.69, 9.17) is 5.11 Å². The molecule has 0 aliphatic rings. The molecule has 1 rings (SSSR count). The second kappa shape index (κ2) is 4.89. The van der Waals surface area contributed by atoms with Crippen LogP contribution in [0.5, 0.6) is 0 Å². The number of amides is 1.